The van der Waals surface area contributed by atoms with E-state index in [-0.39, 0.29) is 5.82 Å². The van der Waals surface area contributed by atoms with Crippen molar-refractivity contribution in [2.24, 2.45) is 5.92 Å². The van der Waals surface area contributed by atoms with Crippen molar-refractivity contribution in [3.63, 3.8) is 0 Å². The Bertz CT molecular complexity index is 616. The van der Waals surface area contributed by atoms with E-state index in [4.69, 9.17) is 0 Å². The van der Waals surface area contributed by atoms with Gasteiger partial charge in [-0.3, -0.25) is 0 Å². The molecule has 1 atom stereocenters. The highest BCUT2D eigenvalue weighted by atomic mass is 19.1. The number of para-hydroxylation sites is 1. The van der Waals surface area contributed by atoms with Crippen LogP contribution in [0.25, 0.3) is 10.9 Å². The van der Waals surface area contributed by atoms with Crippen molar-refractivity contribution in [3.05, 3.63) is 30.3 Å². The lowest BCUT2D eigenvalue weighted by atomic mass is 10.1. The van der Waals surface area contributed by atoms with E-state index in [9.17, 15) is 4.39 Å². The van der Waals surface area contributed by atoms with E-state index in [0.29, 0.717) is 11.4 Å². The van der Waals surface area contributed by atoms with Gasteiger partial charge in [0.1, 0.15) is 23.5 Å². The van der Waals surface area contributed by atoms with Crippen LogP contribution in [-0.2, 0) is 0 Å². The molecule has 5 heteroatoms. The number of nitrogens with zero attached hydrogens (tertiary/aromatic N) is 3. The number of hydrogen-bond acceptors (Lipinski definition) is 4. The summed E-state index contributed by atoms with van der Waals surface area (Å²) in [6.07, 6.45) is 3.84. The van der Waals surface area contributed by atoms with Crippen molar-refractivity contribution < 1.29 is 4.39 Å². The molecule has 1 aliphatic rings. The lowest BCUT2D eigenvalue weighted by molar-refractivity contribution is 0.327. The van der Waals surface area contributed by atoms with Crippen LogP contribution >= 0.6 is 0 Å². The highest BCUT2D eigenvalue weighted by molar-refractivity contribution is 5.89. The van der Waals surface area contributed by atoms with Crippen LogP contribution in [0.4, 0.5) is 10.2 Å². The van der Waals surface area contributed by atoms with Gasteiger partial charge in [-0.2, -0.15) is 0 Å². The predicted molar refractivity (Wildman–Crippen MR) is 82.8 cm³/mol. The molecule has 1 aromatic carbocycles. The van der Waals surface area contributed by atoms with Crippen molar-refractivity contribution in [1.29, 1.82) is 0 Å². The third-order valence-electron chi connectivity index (χ3n) is 4.08. The van der Waals surface area contributed by atoms with Gasteiger partial charge in [-0.1, -0.05) is 13.0 Å². The first-order valence-corrected chi connectivity index (χ1v) is 7.63. The Morgan fingerprint density at radius 1 is 1.38 bits per heavy atom. The Morgan fingerprint density at radius 3 is 3.14 bits per heavy atom. The fraction of sp³-hybridized carbons (Fsp3) is 0.500. The Labute approximate surface area is 124 Å². The van der Waals surface area contributed by atoms with Crippen LogP contribution in [0.15, 0.2) is 24.5 Å². The van der Waals surface area contributed by atoms with Crippen LogP contribution in [-0.4, -0.2) is 41.0 Å². The number of nitrogens with one attached hydrogen (secondary N) is 1. The standard InChI is InChI=1S/C16H21FN4/c1-2-7-21-8-6-12(10-21)9-18-16-13-4-3-5-14(17)15(13)19-11-20-16/h3-5,11-12H,2,6-10H2,1H3,(H,18,19,20). The van der Waals surface area contributed by atoms with Gasteiger partial charge >= 0.3 is 0 Å². The maximum atomic E-state index is 13.7. The van der Waals surface area contributed by atoms with Crippen molar-refractivity contribution >= 4 is 16.7 Å². The zero-order valence-electron chi connectivity index (χ0n) is 12.3. The first-order chi connectivity index (χ1) is 10.3. The van der Waals surface area contributed by atoms with Crippen molar-refractivity contribution in [1.82, 2.24) is 14.9 Å². The average molecular weight is 288 g/mol. The van der Waals surface area contributed by atoms with E-state index in [1.54, 1.807) is 6.07 Å². The highest BCUT2D eigenvalue weighted by Gasteiger charge is 2.21. The largest absolute Gasteiger partial charge is 0.369 e. The lowest BCUT2D eigenvalue weighted by Crippen LogP contribution is -2.23. The van der Waals surface area contributed by atoms with Gasteiger partial charge in [0.25, 0.3) is 0 Å². The van der Waals surface area contributed by atoms with Gasteiger partial charge in [0, 0.05) is 18.5 Å². The molecule has 0 spiro atoms. The number of anilines is 1. The third kappa shape index (κ3) is 3.13. The maximum absolute atomic E-state index is 13.7. The Morgan fingerprint density at radius 2 is 2.29 bits per heavy atom. The van der Waals surface area contributed by atoms with Gasteiger partial charge in [0.2, 0.25) is 0 Å². The number of rotatable bonds is 5. The minimum absolute atomic E-state index is 0.298. The summed E-state index contributed by atoms with van der Waals surface area (Å²) < 4.78 is 13.7. The van der Waals surface area contributed by atoms with Gasteiger partial charge in [0.05, 0.1) is 0 Å². The summed E-state index contributed by atoms with van der Waals surface area (Å²) in [6, 6.07) is 4.99. The summed E-state index contributed by atoms with van der Waals surface area (Å²) in [6.45, 7) is 6.59. The zero-order valence-corrected chi connectivity index (χ0v) is 12.3. The minimum atomic E-state index is -0.298. The number of fused-ring (bicyclic) bond motifs is 1. The molecule has 2 aromatic rings. The minimum Gasteiger partial charge on any atom is -0.369 e. The average Bonchev–Trinajstić information content (AvgIpc) is 2.94. The smallest absolute Gasteiger partial charge is 0.149 e. The van der Waals surface area contributed by atoms with Gasteiger partial charge in [0.15, 0.2) is 0 Å². The molecular formula is C16H21FN4. The monoisotopic (exact) mass is 288 g/mol. The van der Waals surface area contributed by atoms with Gasteiger partial charge in [-0.15, -0.1) is 0 Å². The number of likely N-dealkylation sites (tertiary alicyclic amines) is 1. The van der Waals surface area contributed by atoms with E-state index >= 15 is 0 Å². The predicted octanol–water partition coefficient (Wildman–Crippen LogP) is 2.91. The molecule has 21 heavy (non-hydrogen) atoms. The van der Waals surface area contributed by atoms with Gasteiger partial charge < -0.3 is 10.2 Å². The van der Waals surface area contributed by atoms with Crippen LogP contribution in [0, 0.1) is 11.7 Å². The second-order valence-electron chi connectivity index (χ2n) is 5.69. The molecule has 1 aromatic heterocycles. The summed E-state index contributed by atoms with van der Waals surface area (Å²) in [5.41, 5.74) is 0.383. The zero-order chi connectivity index (χ0) is 14.7. The molecule has 0 amide bonds. The number of benzene rings is 1. The molecule has 0 bridgehead atoms. The summed E-state index contributed by atoms with van der Waals surface area (Å²) in [4.78, 5) is 10.8. The Kier molecular flexibility index (Phi) is 4.29. The summed E-state index contributed by atoms with van der Waals surface area (Å²) in [5, 5.41) is 4.13. The van der Waals surface area contributed by atoms with Crippen LogP contribution in [0.2, 0.25) is 0 Å². The first-order valence-electron chi connectivity index (χ1n) is 7.63. The molecular weight excluding hydrogens is 267 g/mol. The van der Waals surface area contributed by atoms with E-state index < -0.39 is 0 Å². The molecule has 1 unspecified atom stereocenters. The van der Waals surface area contributed by atoms with E-state index in [1.165, 1.54) is 38.3 Å². The molecule has 112 valence electrons. The molecule has 1 saturated heterocycles. The molecule has 0 radical (unpaired) electrons. The fourth-order valence-corrected chi connectivity index (χ4v) is 3.03. The van der Waals surface area contributed by atoms with Crippen molar-refractivity contribution in [2.75, 3.05) is 31.5 Å². The van der Waals surface area contributed by atoms with Crippen LogP contribution in [0.5, 0.6) is 0 Å². The summed E-state index contributed by atoms with van der Waals surface area (Å²) in [7, 11) is 0. The van der Waals surface area contributed by atoms with E-state index in [0.717, 1.165) is 24.3 Å². The van der Waals surface area contributed by atoms with Gasteiger partial charge in [-0.05, 0) is 44.0 Å². The number of hydrogen-bond donors (Lipinski definition) is 1. The van der Waals surface area contributed by atoms with Crippen LogP contribution in [0.1, 0.15) is 19.8 Å². The SMILES string of the molecule is CCCN1CCC(CNc2ncnc3c(F)cccc23)C1. The molecule has 1 fully saturated rings. The summed E-state index contributed by atoms with van der Waals surface area (Å²) >= 11 is 0. The topological polar surface area (TPSA) is 41.0 Å². The van der Waals surface area contributed by atoms with E-state index in [2.05, 4.69) is 27.1 Å². The van der Waals surface area contributed by atoms with Gasteiger partial charge in [-0.25, -0.2) is 14.4 Å². The van der Waals surface area contributed by atoms with Crippen molar-refractivity contribution in [2.45, 2.75) is 19.8 Å². The molecule has 4 nitrogen and oxygen atoms in total. The van der Waals surface area contributed by atoms with Crippen LogP contribution < -0.4 is 5.32 Å². The second kappa shape index (κ2) is 6.35. The molecule has 0 saturated carbocycles. The highest BCUT2D eigenvalue weighted by Crippen LogP contribution is 2.22. The molecule has 3 rings (SSSR count). The fourth-order valence-electron chi connectivity index (χ4n) is 3.03. The molecule has 1 N–H and O–H groups in total. The normalized spacial score (nSPS) is 19.2. The Balaban J connectivity index is 1.68. The first kappa shape index (κ1) is 14.2. The maximum Gasteiger partial charge on any atom is 0.149 e. The Hall–Kier alpha value is -1.75. The van der Waals surface area contributed by atoms with Crippen LogP contribution in [0.3, 0.4) is 0 Å². The van der Waals surface area contributed by atoms with Crippen molar-refractivity contribution in [3.8, 4) is 0 Å². The molecule has 1 aliphatic heterocycles. The number of halogens is 1. The van der Waals surface area contributed by atoms with E-state index in [1.807, 2.05) is 6.07 Å². The lowest BCUT2D eigenvalue weighted by Gasteiger charge is -2.15. The number of aromatic nitrogens is 2. The quantitative estimate of drug-likeness (QED) is 0.918. The molecule has 0 aliphatic carbocycles. The second-order valence-corrected chi connectivity index (χ2v) is 5.69. The molecule has 2 heterocycles. The third-order valence-corrected chi connectivity index (χ3v) is 4.08. The summed E-state index contributed by atoms with van der Waals surface area (Å²) in [5.74, 6) is 1.07.